The Morgan fingerprint density at radius 2 is 1.80 bits per heavy atom. The Morgan fingerprint density at radius 3 is 2.40 bits per heavy atom. The topological polar surface area (TPSA) is 57.5 Å². The number of phenols is 1. The standard InChI is InChI=1S/C17H14O3/c1-17(16(19)20,14-8-5-9-15(18)12-14)11-10-13-6-3-2-4-7-13/h2-9,12,18H,1H3,(H,19,20). The molecule has 2 aromatic rings. The van der Waals surface area contributed by atoms with Crippen LogP contribution in [0.4, 0.5) is 0 Å². The number of carboxylic acid groups (broad SMARTS) is 1. The van der Waals surface area contributed by atoms with Gasteiger partial charge in [-0.2, -0.15) is 0 Å². The summed E-state index contributed by atoms with van der Waals surface area (Å²) in [6.45, 7) is 1.53. The van der Waals surface area contributed by atoms with Crippen molar-refractivity contribution in [2.24, 2.45) is 0 Å². The van der Waals surface area contributed by atoms with Crippen molar-refractivity contribution >= 4 is 5.97 Å². The van der Waals surface area contributed by atoms with Gasteiger partial charge in [-0.25, -0.2) is 0 Å². The third-order valence-corrected chi connectivity index (χ3v) is 3.08. The van der Waals surface area contributed by atoms with Crippen LogP contribution in [0, 0.1) is 11.8 Å². The number of phenolic OH excluding ortho intramolecular Hbond substituents is 1. The zero-order chi connectivity index (χ0) is 14.6. The third-order valence-electron chi connectivity index (χ3n) is 3.08. The molecule has 2 N–H and O–H groups in total. The van der Waals surface area contributed by atoms with E-state index in [0.717, 1.165) is 5.56 Å². The average molecular weight is 266 g/mol. The van der Waals surface area contributed by atoms with Gasteiger partial charge < -0.3 is 10.2 Å². The molecule has 0 aromatic heterocycles. The number of hydrogen-bond donors (Lipinski definition) is 2. The second-order valence-corrected chi connectivity index (χ2v) is 4.60. The third kappa shape index (κ3) is 2.81. The van der Waals surface area contributed by atoms with Crippen LogP contribution in [-0.2, 0) is 10.2 Å². The Morgan fingerprint density at radius 1 is 1.10 bits per heavy atom. The molecular weight excluding hydrogens is 252 g/mol. The first-order valence-electron chi connectivity index (χ1n) is 6.13. The summed E-state index contributed by atoms with van der Waals surface area (Å²) in [5.41, 5.74) is -0.164. The monoisotopic (exact) mass is 266 g/mol. The maximum atomic E-state index is 11.6. The lowest BCUT2D eigenvalue weighted by molar-refractivity contribution is -0.140. The maximum absolute atomic E-state index is 11.6. The van der Waals surface area contributed by atoms with Crippen LogP contribution in [0.2, 0.25) is 0 Å². The normalized spacial score (nSPS) is 12.8. The highest BCUT2D eigenvalue weighted by molar-refractivity contribution is 5.85. The summed E-state index contributed by atoms with van der Waals surface area (Å²) in [4.78, 5) is 11.6. The Labute approximate surface area is 117 Å². The Balaban J connectivity index is 2.47. The van der Waals surface area contributed by atoms with E-state index in [1.807, 2.05) is 30.3 Å². The van der Waals surface area contributed by atoms with E-state index >= 15 is 0 Å². The lowest BCUT2D eigenvalue weighted by atomic mass is 9.83. The summed E-state index contributed by atoms with van der Waals surface area (Å²) in [7, 11) is 0. The minimum Gasteiger partial charge on any atom is -0.508 e. The molecule has 0 aliphatic rings. The molecule has 0 heterocycles. The molecule has 100 valence electrons. The molecule has 2 aromatic carbocycles. The molecular formula is C17H14O3. The van der Waals surface area contributed by atoms with Gasteiger partial charge in [-0.1, -0.05) is 42.2 Å². The van der Waals surface area contributed by atoms with Gasteiger partial charge in [0, 0.05) is 5.56 Å². The summed E-state index contributed by atoms with van der Waals surface area (Å²) in [6.07, 6.45) is 0. The fraction of sp³-hybridized carbons (Fsp3) is 0.118. The highest BCUT2D eigenvalue weighted by Crippen LogP contribution is 2.26. The van der Waals surface area contributed by atoms with E-state index in [0.29, 0.717) is 5.56 Å². The minimum atomic E-state index is -1.37. The second kappa shape index (κ2) is 5.50. The Bertz CT molecular complexity index is 680. The van der Waals surface area contributed by atoms with E-state index < -0.39 is 11.4 Å². The van der Waals surface area contributed by atoms with Gasteiger partial charge in [-0.15, -0.1) is 0 Å². The van der Waals surface area contributed by atoms with Crippen LogP contribution in [0.1, 0.15) is 18.1 Å². The van der Waals surface area contributed by atoms with Crippen molar-refractivity contribution in [3.8, 4) is 17.6 Å². The van der Waals surface area contributed by atoms with Crippen molar-refractivity contribution in [2.45, 2.75) is 12.3 Å². The van der Waals surface area contributed by atoms with E-state index in [9.17, 15) is 15.0 Å². The summed E-state index contributed by atoms with van der Waals surface area (Å²) >= 11 is 0. The van der Waals surface area contributed by atoms with Crippen molar-refractivity contribution in [3.63, 3.8) is 0 Å². The number of carboxylic acids is 1. The lowest BCUT2D eigenvalue weighted by Crippen LogP contribution is -2.30. The molecule has 3 heteroatoms. The van der Waals surface area contributed by atoms with Gasteiger partial charge in [-0.3, -0.25) is 4.79 Å². The van der Waals surface area contributed by atoms with Crippen LogP contribution in [0.25, 0.3) is 0 Å². The molecule has 1 unspecified atom stereocenters. The predicted octanol–water partition coefficient (Wildman–Crippen LogP) is 2.79. The number of aliphatic carboxylic acids is 1. The van der Waals surface area contributed by atoms with Crippen molar-refractivity contribution < 1.29 is 15.0 Å². The Kier molecular flexibility index (Phi) is 3.76. The van der Waals surface area contributed by atoms with Crippen molar-refractivity contribution in [1.29, 1.82) is 0 Å². The zero-order valence-corrected chi connectivity index (χ0v) is 11.0. The molecule has 0 fully saturated rings. The van der Waals surface area contributed by atoms with Crippen LogP contribution in [0.3, 0.4) is 0 Å². The van der Waals surface area contributed by atoms with Gasteiger partial charge in [-0.05, 0) is 36.8 Å². The van der Waals surface area contributed by atoms with Crippen molar-refractivity contribution in [2.75, 3.05) is 0 Å². The quantitative estimate of drug-likeness (QED) is 0.822. The molecule has 0 amide bonds. The van der Waals surface area contributed by atoms with Crippen molar-refractivity contribution in [1.82, 2.24) is 0 Å². The number of hydrogen-bond acceptors (Lipinski definition) is 2. The van der Waals surface area contributed by atoms with Crippen LogP contribution in [0.5, 0.6) is 5.75 Å². The van der Waals surface area contributed by atoms with Gasteiger partial charge in [0.2, 0.25) is 0 Å². The van der Waals surface area contributed by atoms with Gasteiger partial charge in [0.15, 0.2) is 5.41 Å². The number of aromatic hydroxyl groups is 1. The van der Waals surface area contributed by atoms with Gasteiger partial charge in [0.1, 0.15) is 5.75 Å². The molecule has 3 nitrogen and oxygen atoms in total. The number of carbonyl (C=O) groups is 1. The van der Waals surface area contributed by atoms with Crippen LogP contribution in [-0.4, -0.2) is 16.2 Å². The Hall–Kier alpha value is -2.73. The molecule has 0 saturated heterocycles. The number of benzene rings is 2. The van der Waals surface area contributed by atoms with E-state index in [1.165, 1.54) is 19.1 Å². The average Bonchev–Trinajstić information content (AvgIpc) is 2.45. The van der Waals surface area contributed by atoms with Gasteiger partial charge in [0.05, 0.1) is 0 Å². The molecule has 0 aliphatic carbocycles. The highest BCUT2D eigenvalue weighted by atomic mass is 16.4. The fourth-order valence-electron chi connectivity index (χ4n) is 1.78. The first kappa shape index (κ1) is 13.7. The first-order valence-corrected chi connectivity index (χ1v) is 6.13. The lowest BCUT2D eigenvalue weighted by Gasteiger charge is -2.18. The smallest absolute Gasteiger partial charge is 0.326 e. The van der Waals surface area contributed by atoms with E-state index in [2.05, 4.69) is 11.8 Å². The molecule has 0 spiro atoms. The molecule has 0 aliphatic heterocycles. The summed E-state index contributed by atoms with van der Waals surface area (Å²) in [6, 6.07) is 15.4. The number of rotatable bonds is 2. The van der Waals surface area contributed by atoms with Crippen molar-refractivity contribution in [3.05, 3.63) is 65.7 Å². The van der Waals surface area contributed by atoms with E-state index in [1.54, 1.807) is 12.1 Å². The van der Waals surface area contributed by atoms with Crippen LogP contribution >= 0.6 is 0 Å². The largest absolute Gasteiger partial charge is 0.508 e. The molecule has 0 saturated carbocycles. The molecule has 20 heavy (non-hydrogen) atoms. The van der Waals surface area contributed by atoms with Gasteiger partial charge >= 0.3 is 5.97 Å². The van der Waals surface area contributed by atoms with E-state index in [4.69, 9.17) is 0 Å². The van der Waals surface area contributed by atoms with Crippen LogP contribution in [0.15, 0.2) is 54.6 Å². The molecule has 0 bridgehead atoms. The summed E-state index contributed by atoms with van der Waals surface area (Å²) in [5.74, 6) is 4.64. The molecule has 2 rings (SSSR count). The van der Waals surface area contributed by atoms with E-state index in [-0.39, 0.29) is 5.75 Å². The SMILES string of the molecule is CC(C#Cc1ccccc1)(C(=O)O)c1cccc(O)c1. The zero-order valence-electron chi connectivity index (χ0n) is 11.0. The minimum absolute atomic E-state index is 0.0245. The maximum Gasteiger partial charge on any atom is 0.326 e. The molecule has 0 radical (unpaired) electrons. The predicted molar refractivity (Wildman–Crippen MR) is 76.4 cm³/mol. The van der Waals surface area contributed by atoms with Crippen LogP contribution < -0.4 is 0 Å². The highest BCUT2D eigenvalue weighted by Gasteiger charge is 2.33. The molecule has 1 atom stereocenters. The fourth-order valence-corrected chi connectivity index (χ4v) is 1.78. The summed E-state index contributed by atoms with van der Waals surface area (Å²) in [5, 5.41) is 19.0. The second-order valence-electron chi connectivity index (χ2n) is 4.60. The van der Waals surface area contributed by atoms with Gasteiger partial charge in [0.25, 0.3) is 0 Å². The summed E-state index contributed by atoms with van der Waals surface area (Å²) < 4.78 is 0. The first-order chi connectivity index (χ1) is 9.52.